The summed E-state index contributed by atoms with van der Waals surface area (Å²) < 4.78 is 3.44. The summed E-state index contributed by atoms with van der Waals surface area (Å²) in [5.74, 6) is 0.592. The maximum Gasteiger partial charge on any atom is 0.332 e. The average Bonchev–Trinajstić information content (AvgIpc) is 3.67. The van der Waals surface area contributed by atoms with E-state index in [1.807, 2.05) is 66.9 Å². The molecule has 170 valence electrons. The van der Waals surface area contributed by atoms with Crippen LogP contribution < -0.4 is 11.0 Å². The summed E-state index contributed by atoms with van der Waals surface area (Å²) in [6.07, 6.45) is 3.55. The third-order valence-corrected chi connectivity index (χ3v) is 6.21. The minimum Gasteiger partial charge on any atom is -0.361 e. The number of imidazole rings is 2. The van der Waals surface area contributed by atoms with Crippen molar-refractivity contribution in [2.75, 3.05) is 5.32 Å². The first-order chi connectivity index (χ1) is 17.2. The molecule has 0 saturated carbocycles. The fourth-order valence-electron chi connectivity index (χ4n) is 4.53. The number of fused-ring (bicyclic) bond motifs is 3. The van der Waals surface area contributed by atoms with E-state index in [1.54, 1.807) is 15.6 Å². The van der Waals surface area contributed by atoms with Crippen molar-refractivity contribution in [1.82, 2.24) is 39.5 Å². The van der Waals surface area contributed by atoms with Crippen molar-refractivity contribution in [3.8, 4) is 16.9 Å². The molecule has 0 saturated heterocycles. The molecule has 10 heteroatoms. The van der Waals surface area contributed by atoms with Crippen LogP contribution in [0.3, 0.4) is 0 Å². The van der Waals surface area contributed by atoms with Gasteiger partial charge in [0.05, 0.1) is 34.3 Å². The smallest absolute Gasteiger partial charge is 0.332 e. The molecular formula is C25H19N9O. The van der Waals surface area contributed by atoms with Gasteiger partial charge < -0.3 is 15.3 Å². The third kappa shape index (κ3) is 3.11. The van der Waals surface area contributed by atoms with Gasteiger partial charge in [-0.15, -0.1) is 5.10 Å². The predicted octanol–water partition coefficient (Wildman–Crippen LogP) is 4.00. The Morgan fingerprint density at radius 1 is 0.914 bits per heavy atom. The molecule has 4 heterocycles. The summed E-state index contributed by atoms with van der Waals surface area (Å²) in [7, 11) is 0. The highest BCUT2D eigenvalue weighted by atomic mass is 16.1. The fourth-order valence-corrected chi connectivity index (χ4v) is 4.53. The molecule has 4 aromatic heterocycles. The van der Waals surface area contributed by atoms with Crippen LogP contribution in [0.4, 0.5) is 5.82 Å². The van der Waals surface area contributed by atoms with Gasteiger partial charge in [0.15, 0.2) is 0 Å². The molecule has 35 heavy (non-hydrogen) atoms. The SMILES string of the molecule is O=c1[nH]c(NCn2nnc3ccccc32)c(-c2ccc3[nH]ccc3c2)n1-c1ccc2nc[nH]c2c1. The van der Waals surface area contributed by atoms with Crippen LogP contribution >= 0.6 is 0 Å². The van der Waals surface area contributed by atoms with E-state index in [4.69, 9.17) is 0 Å². The Labute approximate surface area is 197 Å². The highest BCUT2D eigenvalue weighted by molar-refractivity contribution is 5.87. The molecule has 0 atom stereocenters. The zero-order valence-corrected chi connectivity index (χ0v) is 18.4. The van der Waals surface area contributed by atoms with E-state index < -0.39 is 0 Å². The molecule has 4 N–H and O–H groups in total. The number of benzene rings is 3. The van der Waals surface area contributed by atoms with Crippen molar-refractivity contribution < 1.29 is 0 Å². The number of hydrogen-bond acceptors (Lipinski definition) is 5. The number of nitrogens with zero attached hydrogens (tertiary/aromatic N) is 5. The summed E-state index contributed by atoms with van der Waals surface area (Å²) in [5, 5.41) is 12.9. The maximum absolute atomic E-state index is 13.3. The lowest BCUT2D eigenvalue weighted by Crippen LogP contribution is -2.15. The Morgan fingerprint density at radius 3 is 2.83 bits per heavy atom. The molecular weight excluding hydrogens is 442 g/mol. The lowest BCUT2D eigenvalue weighted by molar-refractivity contribution is 0.654. The fraction of sp³-hybridized carbons (Fsp3) is 0.0400. The number of rotatable bonds is 5. The maximum atomic E-state index is 13.3. The standard InChI is InChI=1S/C25H19N9O/c35-25-30-24(29-14-33-22-4-2-1-3-20(22)31-32-33)23(16-5-7-18-15(11-16)9-10-26-18)34(25)17-6-8-19-21(12-17)28-13-27-19/h1-13,26,29H,14H2,(H,27,28)(H,30,35). The van der Waals surface area contributed by atoms with Crippen LogP contribution in [-0.2, 0) is 6.67 Å². The van der Waals surface area contributed by atoms with Gasteiger partial charge in [0, 0.05) is 22.7 Å². The summed E-state index contributed by atoms with van der Waals surface area (Å²) in [4.78, 5) is 26.9. The lowest BCUT2D eigenvalue weighted by atomic mass is 10.1. The van der Waals surface area contributed by atoms with Crippen molar-refractivity contribution >= 4 is 38.8 Å². The zero-order chi connectivity index (χ0) is 23.4. The van der Waals surface area contributed by atoms with Crippen LogP contribution in [0.2, 0.25) is 0 Å². The van der Waals surface area contributed by atoms with Crippen LogP contribution in [0, 0.1) is 0 Å². The number of anilines is 1. The van der Waals surface area contributed by atoms with Gasteiger partial charge in [0.25, 0.3) is 0 Å². The van der Waals surface area contributed by atoms with Crippen molar-refractivity contribution in [2.45, 2.75) is 6.67 Å². The largest absolute Gasteiger partial charge is 0.361 e. The van der Waals surface area contributed by atoms with Gasteiger partial charge in [-0.3, -0.25) is 9.55 Å². The van der Waals surface area contributed by atoms with Gasteiger partial charge in [-0.1, -0.05) is 23.4 Å². The Kier molecular flexibility index (Phi) is 4.12. The Balaban J connectivity index is 1.38. The molecule has 0 radical (unpaired) electrons. The molecule has 10 nitrogen and oxygen atoms in total. The van der Waals surface area contributed by atoms with Gasteiger partial charge in [0.1, 0.15) is 18.0 Å². The second-order valence-corrected chi connectivity index (χ2v) is 8.29. The predicted molar refractivity (Wildman–Crippen MR) is 134 cm³/mol. The van der Waals surface area contributed by atoms with Crippen LogP contribution in [0.1, 0.15) is 0 Å². The summed E-state index contributed by atoms with van der Waals surface area (Å²) in [6, 6.07) is 21.6. The minimum absolute atomic E-state index is 0.251. The van der Waals surface area contributed by atoms with Crippen LogP contribution in [0.5, 0.6) is 0 Å². The molecule has 0 spiro atoms. The molecule has 0 aliphatic rings. The molecule has 7 aromatic rings. The second-order valence-electron chi connectivity index (χ2n) is 8.29. The van der Waals surface area contributed by atoms with E-state index in [-0.39, 0.29) is 5.69 Å². The summed E-state index contributed by atoms with van der Waals surface area (Å²) in [5.41, 5.74) is 6.53. The first-order valence-corrected chi connectivity index (χ1v) is 11.1. The molecule has 0 amide bonds. The van der Waals surface area contributed by atoms with E-state index in [0.29, 0.717) is 12.5 Å². The van der Waals surface area contributed by atoms with Gasteiger partial charge >= 0.3 is 5.69 Å². The van der Waals surface area contributed by atoms with E-state index in [0.717, 1.165) is 49.9 Å². The Bertz CT molecular complexity index is 1900. The zero-order valence-electron chi connectivity index (χ0n) is 18.4. The van der Waals surface area contributed by atoms with Gasteiger partial charge in [-0.05, 0) is 48.5 Å². The third-order valence-electron chi connectivity index (χ3n) is 6.21. The lowest BCUT2D eigenvalue weighted by Gasteiger charge is -2.12. The first-order valence-electron chi connectivity index (χ1n) is 11.1. The van der Waals surface area contributed by atoms with Crippen LogP contribution in [0.15, 0.2) is 84.0 Å². The van der Waals surface area contributed by atoms with Crippen LogP contribution in [-0.4, -0.2) is 39.5 Å². The second kappa shape index (κ2) is 7.45. The van der Waals surface area contributed by atoms with Crippen molar-refractivity contribution in [3.63, 3.8) is 0 Å². The van der Waals surface area contributed by atoms with Crippen molar-refractivity contribution in [3.05, 3.63) is 89.7 Å². The van der Waals surface area contributed by atoms with Gasteiger partial charge in [0.2, 0.25) is 0 Å². The number of aromatic amines is 3. The van der Waals surface area contributed by atoms with Crippen molar-refractivity contribution in [1.29, 1.82) is 0 Å². The normalized spacial score (nSPS) is 11.7. The minimum atomic E-state index is -0.251. The number of nitrogens with one attached hydrogen (secondary N) is 4. The first kappa shape index (κ1) is 19.4. The van der Waals surface area contributed by atoms with Crippen molar-refractivity contribution in [2.24, 2.45) is 0 Å². The van der Waals surface area contributed by atoms with Gasteiger partial charge in [-0.2, -0.15) is 0 Å². The number of hydrogen-bond donors (Lipinski definition) is 4. The number of para-hydroxylation sites is 1. The monoisotopic (exact) mass is 461 g/mol. The summed E-state index contributed by atoms with van der Waals surface area (Å²) >= 11 is 0. The number of H-pyrrole nitrogens is 3. The topological polar surface area (TPSA) is 125 Å². The van der Waals surface area contributed by atoms with E-state index in [1.165, 1.54) is 0 Å². The van der Waals surface area contributed by atoms with Crippen LogP contribution in [0.25, 0.3) is 49.9 Å². The molecule has 0 unspecified atom stereocenters. The van der Waals surface area contributed by atoms with Gasteiger partial charge in [-0.25, -0.2) is 14.5 Å². The Morgan fingerprint density at radius 2 is 1.86 bits per heavy atom. The molecule has 0 aliphatic heterocycles. The molecule has 0 bridgehead atoms. The quantitative estimate of drug-likeness (QED) is 0.308. The summed E-state index contributed by atoms with van der Waals surface area (Å²) in [6.45, 7) is 0.333. The van der Waals surface area contributed by atoms with E-state index >= 15 is 0 Å². The highest BCUT2D eigenvalue weighted by Gasteiger charge is 2.19. The van der Waals surface area contributed by atoms with E-state index in [9.17, 15) is 4.79 Å². The molecule has 0 aliphatic carbocycles. The molecule has 3 aromatic carbocycles. The average molecular weight is 461 g/mol. The molecule has 7 rings (SSSR count). The number of aromatic nitrogens is 8. The molecule has 0 fully saturated rings. The Hall–Kier alpha value is -5.12. The highest BCUT2D eigenvalue weighted by Crippen LogP contribution is 2.31. The van der Waals surface area contributed by atoms with E-state index in [2.05, 4.69) is 41.6 Å².